The predicted octanol–water partition coefficient (Wildman–Crippen LogP) is 2.55. The summed E-state index contributed by atoms with van der Waals surface area (Å²) in [4.78, 5) is 10.9. The van der Waals surface area contributed by atoms with Crippen molar-refractivity contribution in [2.45, 2.75) is 58.7 Å². The molecule has 5 nitrogen and oxygen atoms in total. The van der Waals surface area contributed by atoms with Crippen LogP contribution in [0.4, 0.5) is 0 Å². The van der Waals surface area contributed by atoms with E-state index in [9.17, 15) is 4.79 Å². The average Bonchev–Trinajstić information content (AvgIpc) is 2.70. The quantitative estimate of drug-likeness (QED) is 0.876. The molecule has 5 heteroatoms. The van der Waals surface area contributed by atoms with Gasteiger partial charge in [-0.05, 0) is 39.7 Å². The number of piperidine rings is 1. The zero-order chi connectivity index (χ0) is 14.0. The molecule has 2 heterocycles. The van der Waals surface area contributed by atoms with E-state index in [1.54, 1.807) is 13.0 Å². The van der Waals surface area contributed by atoms with Crippen molar-refractivity contribution >= 4 is 5.97 Å². The summed E-state index contributed by atoms with van der Waals surface area (Å²) in [6, 6.07) is 2.79. The van der Waals surface area contributed by atoms with E-state index in [-0.39, 0.29) is 5.76 Å². The van der Waals surface area contributed by atoms with Crippen molar-refractivity contribution in [3.8, 4) is 0 Å². The van der Waals surface area contributed by atoms with Crippen LogP contribution in [0.15, 0.2) is 10.5 Å². The molecule has 1 aromatic heterocycles. The van der Waals surface area contributed by atoms with Crippen LogP contribution in [0.1, 0.15) is 55.0 Å². The molecule has 1 aliphatic heterocycles. The minimum absolute atomic E-state index is 0.0385. The van der Waals surface area contributed by atoms with Gasteiger partial charge in [-0.1, -0.05) is 6.42 Å². The fourth-order valence-electron chi connectivity index (χ4n) is 2.75. The van der Waals surface area contributed by atoms with E-state index >= 15 is 0 Å². The standard InChI is InChI=1S/C14H22N2O3/c1-9-7-12(19-13(9)14(17)18)8-15-16-10(2)5-4-6-11(16)3/h7,10-11,15H,4-6,8H2,1-3H3,(H,17,18). The highest BCUT2D eigenvalue weighted by molar-refractivity contribution is 5.86. The minimum atomic E-state index is -1.01. The molecule has 0 bridgehead atoms. The molecule has 0 radical (unpaired) electrons. The van der Waals surface area contributed by atoms with Crippen LogP contribution in [0, 0.1) is 6.92 Å². The lowest BCUT2D eigenvalue weighted by Crippen LogP contribution is -2.51. The number of aromatic carboxylic acids is 1. The number of nitrogens with zero attached hydrogens (tertiary/aromatic N) is 1. The molecule has 2 unspecified atom stereocenters. The van der Waals surface area contributed by atoms with Gasteiger partial charge in [0.25, 0.3) is 0 Å². The Morgan fingerprint density at radius 2 is 2.11 bits per heavy atom. The van der Waals surface area contributed by atoms with Gasteiger partial charge in [0.1, 0.15) is 5.76 Å². The van der Waals surface area contributed by atoms with Crippen LogP contribution in [-0.2, 0) is 6.54 Å². The van der Waals surface area contributed by atoms with Gasteiger partial charge >= 0.3 is 5.97 Å². The Morgan fingerprint density at radius 1 is 1.47 bits per heavy atom. The second-order valence-corrected chi connectivity index (χ2v) is 5.40. The monoisotopic (exact) mass is 266 g/mol. The second-order valence-electron chi connectivity index (χ2n) is 5.40. The van der Waals surface area contributed by atoms with Gasteiger partial charge in [-0.15, -0.1) is 0 Å². The van der Waals surface area contributed by atoms with Gasteiger partial charge in [-0.2, -0.15) is 0 Å². The van der Waals surface area contributed by atoms with Gasteiger partial charge in [-0.3, -0.25) is 0 Å². The van der Waals surface area contributed by atoms with Gasteiger partial charge in [0.05, 0.1) is 6.54 Å². The summed E-state index contributed by atoms with van der Waals surface area (Å²) in [5.41, 5.74) is 4.03. The Morgan fingerprint density at radius 3 is 2.63 bits per heavy atom. The first-order valence-electron chi connectivity index (χ1n) is 6.83. The van der Waals surface area contributed by atoms with Gasteiger partial charge in [-0.25, -0.2) is 15.2 Å². The molecule has 2 rings (SSSR count). The SMILES string of the molecule is Cc1cc(CNN2C(C)CCCC2C)oc1C(=O)O. The summed E-state index contributed by atoms with van der Waals surface area (Å²) in [7, 11) is 0. The predicted molar refractivity (Wildman–Crippen MR) is 71.9 cm³/mol. The van der Waals surface area contributed by atoms with Crippen LogP contribution in [-0.4, -0.2) is 28.2 Å². The van der Waals surface area contributed by atoms with Gasteiger partial charge in [0.15, 0.2) is 0 Å². The fourth-order valence-corrected chi connectivity index (χ4v) is 2.75. The number of carboxylic acids is 1. The van der Waals surface area contributed by atoms with Crippen LogP contribution < -0.4 is 5.43 Å². The third kappa shape index (κ3) is 3.16. The number of furan rings is 1. The average molecular weight is 266 g/mol. The van der Waals surface area contributed by atoms with Crippen LogP contribution in [0.5, 0.6) is 0 Å². The highest BCUT2D eigenvalue weighted by Crippen LogP contribution is 2.21. The number of aryl methyl sites for hydroxylation is 1. The molecule has 2 N–H and O–H groups in total. The van der Waals surface area contributed by atoms with Crippen molar-refractivity contribution in [3.63, 3.8) is 0 Å². The summed E-state index contributed by atoms with van der Waals surface area (Å²) in [5.74, 6) is -0.306. The molecule has 1 saturated heterocycles. The van der Waals surface area contributed by atoms with E-state index in [0.717, 1.165) is 0 Å². The number of hydrogen-bond donors (Lipinski definition) is 2. The summed E-state index contributed by atoms with van der Waals surface area (Å²) >= 11 is 0. The Hall–Kier alpha value is -1.33. The second kappa shape index (κ2) is 5.75. The van der Waals surface area contributed by atoms with Crippen LogP contribution >= 0.6 is 0 Å². The molecule has 0 aliphatic carbocycles. The van der Waals surface area contributed by atoms with Crippen molar-refractivity contribution in [1.29, 1.82) is 0 Å². The maximum absolute atomic E-state index is 10.9. The molecule has 1 aromatic rings. The van der Waals surface area contributed by atoms with Crippen molar-refractivity contribution in [2.75, 3.05) is 0 Å². The molecule has 0 aromatic carbocycles. The first-order chi connectivity index (χ1) is 8.99. The molecular weight excluding hydrogens is 244 g/mol. The topological polar surface area (TPSA) is 65.7 Å². The van der Waals surface area contributed by atoms with E-state index in [1.807, 2.05) is 0 Å². The number of carbonyl (C=O) groups is 1. The lowest BCUT2D eigenvalue weighted by atomic mass is 10.00. The zero-order valence-electron chi connectivity index (χ0n) is 11.8. The number of hydrogen-bond acceptors (Lipinski definition) is 4. The Balaban J connectivity index is 1.98. The molecular formula is C14H22N2O3. The van der Waals surface area contributed by atoms with E-state index in [2.05, 4.69) is 24.3 Å². The maximum atomic E-state index is 10.9. The molecule has 106 valence electrons. The fraction of sp³-hybridized carbons (Fsp3) is 0.643. The Bertz CT molecular complexity index is 446. The van der Waals surface area contributed by atoms with Crippen LogP contribution in [0.2, 0.25) is 0 Å². The van der Waals surface area contributed by atoms with E-state index in [0.29, 0.717) is 30.0 Å². The van der Waals surface area contributed by atoms with E-state index in [1.165, 1.54) is 19.3 Å². The molecule has 1 fully saturated rings. The number of nitrogens with one attached hydrogen (secondary N) is 1. The summed E-state index contributed by atoms with van der Waals surface area (Å²) in [5, 5.41) is 11.2. The highest BCUT2D eigenvalue weighted by atomic mass is 16.4. The van der Waals surface area contributed by atoms with Crippen LogP contribution in [0.25, 0.3) is 0 Å². The summed E-state index contributed by atoms with van der Waals surface area (Å²) in [6.07, 6.45) is 3.65. The normalized spacial score (nSPS) is 24.6. The van der Waals surface area contributed by atoms with Gasteiger partial charge in [0, 0.05) is 17.6 Å². The molecule has 0 saturated carbocycles. The third-order valence-electron chi connectivity index (χ3n) is 3.79. The lowest BCUT2D eigenvalue weighted by molar-refractivity contribution is 0.0406. The Labute approximate surface area is 113 Å². The molecule has 0 spiro atoms. The smallest absolute Gasteiger partial charge is 0.372 e. The first kappa shape index (κ1) is 14.1. The minimum Gasteiger partial charge on any atom is -0.475 e. The van der Waals surface area contributed by atoms with Crippen molar-refractivity contribution in [3.05, 3.63) is 23.2 Å². The van der Waals surface area contributed by atoms with Gasteiger partial charge in [0.2, 0.25) is 5.76 Å². The summed E-state index contributed by atoms with van der Waals surface area (Å²) < 4.78 is 5.35. The van der Waals surface area contributed by atoms with Gasteiger partial charge < -0.3 is 9.52 Å². The van der Waals surface area contributed by atoms with Crippen LogP contribution in [0.3, 0.4) is 0 Å². The molecule has 19 heavy (non-hydrogen) atoms. The zero-order valence-corrected chi connectivity index (χ0v) is 11.8. The lowest BCUT2D eigenvalue weighted by Gasteiger charge is -2.38. The van der Waals surface area contributed by atoms with E-state index in [4.69, 9.17) is 9.52 Å². The maximum Gasteiger partial charge on any atom is 0.372 e. The number of rotatable bonds is 4. The molecule has 2 atom stereocenters. The Kier molecular flexibility index (Phi) is 4.27. The largest absolute Gasteiger partial charge is 0.475 e. The van der Waals surface area contributed by atoms with E-state index < -0.39 is 5.97 Å². The third-order valence-corrected chi connectivity index (χ3v) is 3.79. The molecule has 0 amide bonds. The van der Waals surface area contributed by atoms with Crippen molar-refractivity contribution in [2.24, 2.45) is 0 Å². The van der Waals surface area contributed by atoms with Crippen molar-refractivity contribution < 1.29 is 14.3 Å². The summed E-state index contributed by atoms with van der Waals surface area (Å²) in [6.45, 7) is 6.70. The molecule has 1 aliphatic rings. The van der Waals surface area contributed by atoms with Crippen molar-refractivity contribution in [1.82, 2.24) is 10.4 Å². The number of hydrazine groups is 1. The highest BCUT2D eigenvalue weighted by Gasteiger charge is 2.24. The first-order valence-corrected chi connectivity index (χ1v) is 6.83. The number of carboxylic acid groups (broad SMARTS) is 1.